The average Bonchev–Trinajstić information content (AvgIpc) is 3.77. The Morgan fingerprint density at radius 1 is 1.05 bits per heavy atom. The molecule has 9 nitrogen and oxygen atoms in total. The fourth-order valence-corrected chi connectivity index (χ4v) is 6.17. The van der Waals surface area contributed by atoms with Crippen molar-refractivity contribution in [2.75, 3.05) is 20.3 Å². The molecule has 1 fully saturated rings. The van der Waals surface area contributed by atoms with Crippen molar-refractivity contribution in [2.24, 2.45) is 0 Å². The van der Waals surface area contributed by atoms with Gasteiger partial charge in [0.05, 0.1) is 18.3 Å². The Bertz CT molecular complexity index is 1620. The van der Waals surface area contributed by atoms with Gasteiger partial charge in [-0.25, -0.2) is 14.7 Å². The van der Waals surface area contributed by atoms with Gasteiger partial charge in [0.1, 0.15) is 24.2 Å². The molecule has 2 heterocycles. The molecule has 1 N–H and O–H groups in total. The second kappa shape index (κ2) is 13.0. The number of aromatic nitrogens is 1. The van der Waals surface area contributed by atoms with E-state index in [2.05, 4.69) is 4.98 Å². The number of aliphatic hydroxyl groups is 1. The monoisotopic (exact) mass is 596 g/mol. The normalized spacial score (nSPS) is 17.3. The number of carbonyl (C=O) groups excluding carboxylic acids is 2. The number of hydrogen-bond acceptors (Lipinski definition) is 8. The predicted molar refractivity (Wildman–Crippen MR) is 162 cm³/mol. The number of carbonyl (C=O) groups is 2. The van der Waals surface area contributed by atoms with E-state index < -0.39 is 30.3 Å². The Kier molecular flexibility index (Phi) is 8.77. The molecule has 1 unspecified atom stereocenters. The zero-order valence-corrected chi connectivity index (χ0v) is 24.9. The molecule has 0 spiro atoms. The van der Waals surface area contributed by atoms with E-state index in [-0.39, 0.29) is 6.61 Å². The number of fused-ring (bicyclic) bond motifs is 1. The van der Waals surface area contributed by atoms with Crippen molar-refractivity contribution in [1.29, 1.82) is 0 Å². The molecule has 0 saturated carbocycles. The largest absolute Gasteiger partial charge is 0.493 e. The highest BCUT2D eigenvalue weighted by atomic mass is 16.6. The third kappa shape index (κ3) is 5.98. The summed E-state index contributed by atoms with van der Waals surface area (Å²) in [7, 11) is 1.37. The van der Waals surface area contributed by atoms with E-state index in [0.29, 0.717) is 30.9 Å². The number of nitrogens with zero attached hydrogens (tertiary/aromatic N) is 2. The topological polar surface area (TPSA) is 111 Å². The van der Waals surface area contributed by atoms with E-state index in [4.69, 9.17) is 18.6 Å². The van der Waals surface area contributed by atoms with Gasteiger partial charge in [-0.1, -0.05) is 54.6 Å². The summed E-state index contributed by atoms with van der Waals surface area (Å²) in [6.07, 6.45) is 0.215. The Morgan fingerprint density at radius 2 is 1.77 bits per heavy atom. The maximum atomic E-state index is 13.7. The minimum atomic E-state index is -1.27. The number of oxazole rings is 1. The molecule has 2 aliphatic rings. The van der Waals surface area contributed by atoms with Crippen LogP contribution in [0.25, 0.3) is 11.5 Å². The zero-order chi connectivity index (χ0) is 30.6. The van der Waals surface area contributed by atoms with Crippen molar-refractivity contribution in [1.82, 2.24) is 9.88 Å². The molecule has 0 bridgehead atoms. The number of rotatable bonds is 11. The van der Waals surface area contributed by atoms with E-state index in [1.165, 1.54) is 7.11 Å². The molecule has 9 heteroatoms. The van der Waals surface area contributed by atoms with Crippen LogP contribution in [0.5, 0.6) is 5.75 Å². The van der Waals surface area contributed by atoms with Crippen LogP contribution < -0.4 is 4.74 Å². The third-order valence-electron chi connectivity index (χ3n) is 8.40. The van der Waals surface area contributed by atoms with Crippen LogP contribution in [0.2, 0.25) is 0 Å². The summed E-state index contributed by atoms with van der Waals surface area (Å²) in [5.41, 5.74) is 5.34. The Morgan fingerprint density at radius 3 is 2.52 bits per heavy atom. The standard InChI is InChI=1S/C35H36N2O7/c1-22-29(36-33(44-22)24-12-7-4-8-13-24)18-19-42-30-17-16-28(26-14-9-15-27(26)30)31(38)32(41-2)34(39)37-25(21-43-35(37)40)20-23-10-5-3-6-11-23/h3-8,10-13,16-17,25,31-32,38H,9,14-15,18-21H2,1-2H3/t25?,31-,32+/m1/s1. The Hall–Kier alpha value is -4.47. The second-order valence-electron chi connectivity index (χ2n) is 11.2. The molecule has 3 aromatic carbocycles. The van der Waals surface area contributed by atoms with E-state index in [1.54, 1.807) is 6.07 Å². The smallest absolute Gasteiger partial charge is 0.417 e. The third-order valence-corrected chi connectivity index (χ3v) is 8.40. The van der Waals surface area contributed by atoms with Gasteiger partial charge in [0.15, 0.2) is 6.10 Å². The summed E-state index contributed by atoms with van der Waals surface area (Å²) < 4.78 is 22.9. The van der Waals surface area contributed by atoms with Crippen LogP contribution in [-0.4, -0.2) is 59.5 Å². The molecular formula is C35H36N2O7. The first-order valence-electron chi connectivity index (χ1n) is 15.0. The van der Waals surface area contributed by atoms with E-state index in [1.807, 2.05) is 73.7 Å². The van der Waals surface area contributed by atoms with Gasteiger partial charge in [0.2, 0.25) is 5.89 Å². The molecule has 1 aromatic heterocycles. The van der Waals surface area contributed by atoms with Crippen molar-refractivity contribution in [2.45, 2.75) is 57.3 Å². The lowest BCUT2D eigenvalue weighted by Crippen LogP contribution is -2.48. The highest BCUT2D eigenvalue weighted by Crippen LogP contribution is 2.38. The van der Waals surface area contributed by atoms with Crippen LogP contribution in [0.3, 0.4) is 0 Å². The molecule has 1 saturated heterocycles. The maximum Gasteiger partial charge on any atom is 0.417 e. The molecule has 0 radical (unpaired) electrons. The highest BCUT2D eigenvalue weighted by Gasteiger charge is 2.44. The molecule has 3 atom stereocenters. The number of methoxy groups -OCH3 is 1. The molecular weight excluding hydrogens is 560 g/mol. The molecule has 4 aromatic rings. The van der Waals surface area contributed by atoms with Gasteiger partial charge in [-0.3, -0.25) is 4.79 Å². The summed E-state index contributed by atoms with van der Waals surface area (Å²) in [5, 5.41) is 11.5. The number of imide groups is 1. The van der Waals surface area contributed by atoms with Gasteiger partial charge < -0.3 is 23.7 Å². The van der Waals surface area contributed by atoms with Crippen LogP contribution in [0.1, 0.15) is 46.2 Å². The first-order chi connectivity index (χ1) is 21.4. The fraction of sp³-hybridized carbons (Fsp3) is 0.343. The summed E-state index contributed by atoms with van der Waals surface area (Å²) in [6, 6.07) is 22.5. The summed E-state index contributed by atoms with van der Waals surface area (Å²) in [5.74, 6) is 1.49. The van der Waals surface area contributed by atoms with E-state index >= 15 is 0 Å². The number of benzene rings is 3. The Labute approximate surface area is 256 Å². The SMILES string of the molecule is CO[C@H](C(=O)N1C(=O)OCC1Cc1ccccc1)[C@H](O)c1ccc(OCCc2nc(-c3ccccc3)oc2C)c2c1CCC2. The van der Waals surface area contributed by atoms with Crippen LogP contribution in [0, 0.1) is 6.92 Å². The first-order valence-corrected chi connectivity index (χ1v) is 15.0. The number of ether oxygens (including phenoxy) is 3. The lowest BCUT2D eigenvalue weighted by atomic mass is 9.94. The second-order valence-corrected chi connectivity index (χ2v) is 11.2. The molecule has 6 rings (SSSR count). The van der Waals surface area contributed by atoms with Crippen molar-refractivity contribution in [3.05, 3.63) is 107 Å². The van der Waals surface area contributed by atoms with Gasteiger partial charge in [-0.2, -0.15) is 0 Å². The fourth-order valence-electron chi connectivity index (χ4n) is 6.17. The summed E-state index contributed by atoms with van der Waals surface area (Å²) >= 11 is 0. The lowest BCUT2D eigenvalue weighted by molar-refractivity contribution is -0.147. The minimum Gasteiger partial charge on any atom is -0.493 e. The highest BCUT2D eigenvalue weighted by molar-refractivity contribution is 5.96. The Balaban J connectivity index is 1.15. The quantitative estimate of drug-likeness (QED) is 0.245. The first kappa shape index (κ1) is 29.6. The molecule has 1 aliphatic carbocycles. The number of amides is 2. The van der Waals surface area contributed by atoms with E-state index in [0.717, 1.165) is 63.6 Å². The number of aliphatic hydroxyl groups excluding tert-OH is 1. The van der Waals surface area contributed by atoms with Crippen molar-refractivity contribution in [3.63, 3.8) is 0 Å². The lowest BCUT2D eigenvalue weighted by Gasteiger charge is -2.28. The van der Waals surface area contributed by atoms with Gasteiger partial charge in [-0.15, -0.1) is 0 Å². The molecule has 44 heavy (non-hydrogen) atoms. The maximum absolute atomic E-state index is 13.7. The zero-order valence-electron chi connectivity index (χ0n) is 24.9. The predicted octanol–water partition coefficient (Wildman–Crippen LogP) is 5.40. The van der Waals surface area contributed by atoms with Crippen LogP contribution >= 0.6 is 0 Å². The molecule has 2 amide bonds. The number of aryl methyl sites for hydroxylation is 1. The number of cyclic esters (lactones) is 1. The van der Waals surface area contributed by atoms with Gasteiger partial charge in [-0.05, 0) is 73.1 Å². The molecule has 228 valence electrons. The number of hydrogen-bond donors (Lipinski definition) is 1. The van der Waals surface area contributed by atoms with Crippen molar-refractivity contribution in [3.8, 4) is 17.2 Å². The minimum absolute atomic E-state index is 0.0921. The van der Waals surface area contributed by atoms with Crippen molar-refractivity contribution < 1.29 is 33.3 Å². The van der Waals surface area contributed by atoms with Crippen LogP contribution in [0.4, 0.5) is 4.79 Å². The van der Waals surface area contributed by atoms with Crippen LogP contribution in [0.15, 0.2) is 77.2 Å². The van der Waals surface area contributed by atoms with Gasteiger partial charge in [0.25, 0.3) is 5.91 Å². The van der Waals surface area contributed by atoms with E-state index in [9.17, 15) is 14.7 Å². The summed E-state index contributed by atoms with van der Waals surface area (Å²) in [6.45, 7) is 2.41. The van der Waals surface area contributed by atoms with Gasteiger partial charge >= 0.3 is 6.09 Å². The van der Waals surface area contributed by atoms with Gasteiger partial charge in [0, 0.05) is 19.1 Å². The summed E-state index contributed by atoms with van der Waals surface area (Å²) in [4.78, 5) is 32.1. The van der Waals surface area contributed by atoms with Crippen LogP contribution in [-0.2, 0) is 40.0 Å². The molecule has 1 aliphatic heterocycles. The van der Waals surface area contributed by atoms with Crippen molar-refractivity contribution >= 4 is 12.0 Å². The average molecular weight is 597 g/mol.